The first kappa shape index (κ1) is 14.3. The number of carbonyl (C=O) groups is 1. The summed E-state index contributed by atoms with van der Waals surface area (Å²) in [7, 11) is 1.41. The van der Waals surface area contributed by atoms with Gasteiger partial charge in [-0.3, -0.25) is 0 Å². The Morgan fingerprint density at radius 1 is 1.22 bits per heavy atom. The van der Waals surface area contributed by atoms with E-state index in [4.69, 9.17) is 9.47 Å². The first-order chi connectivity index (χ1) is 8.39. The number of hydrogen-bond donors (Lipinski definition) is 0. The van der Waals surface area contributed by atoms with Crippen LogP contribution in [-0.4, -0.2) is 28.3 Å². The van der Waals surface area contributed by atoms with Gasteiger partial charge in [-0.25, -0.2) is 4.79 Å². The second-order valence-corrected chi connectivity index (χ2v) is 9.62. The maximum atomic E-state index is 11.7. The topological polar surface area (TPSA) is 35.5 Å². The molecule has 0 bridgehead atoms. The molecule has 0 fully saturated rings. The van der Waals surface area contributed by atoms with Crippen molar-refractivity contribution in [2.75, 3.05) is 14.2 Å². The zero-order chi connectivity index (χ0) is 13.8. The zero-order valence-electron chi connectivity index (χ0n) is 11.5. The van der Waals surface area contributed by atoms with E-state index < -0.39 is 14.0 Å². The third-order valence-corrected chi connectivity index (χ3v) is 3.09. The monoisotopic (exact) mass is 262 g/mol. The van der Waals surface area contributed by atoms with Crippen molar-refractivity contribution in [2.45, 2.75) is 19.6 Å². The second-order valence-electron chi connectivity index (χ2n) is 4.87. The van der Waals surface area contributed by atoms with Crippen molar-refractivity contribution in [2.24, 2.45) is 0 Å². The Morgan fingerprint density at radius 3 is 2.39 bits per heavy atom. The molecule has 0 spiro atoms. The van der Waals surface area contributed by atoms with Crippen LogP contribution in [-0.2, 0) is 4.74 Å². The van der Waals surface area contributed by atoms with Gasteiger partial charge in [-0.2, -0.15) is 0 Å². The van der Waals surface area contributed by atoms with E-state index in [-0.39, 0.29) is 0 Å². The molecule has 0 aliphatic rings. The van der Waals surface area contributed by atoms with Crippen molar-refractivity contribution in [1.82, 2.24) is 0 Å². The molecule has 0 N–H and O–H groups in total. The van der Waals surface area contributed by atoms with E-state index >= 15 is 0 Å². The van der Waals surface area contributed by atoms with Crippen molar-refractivity contribution in [3.8, 4) is 17.2 Å². The minimum Gasteiger partial charge on any atom is -0.495 e. The maximum Gasteiger partial charge on any atom is 0.339 e. The summed E-state index contributed by atoms with van der Waals surface area (Å²) in [6.07, 6.45) is 0. The normalized spacial score (nSPS) is 10.3. The number of ether oxygens (including phenoxy) is 2. The van der Waals surface area contributed by atoms with E-state index in [2.05, 4.69) is 31.1 Å². The van der Waals surface area contributed by atoms with Crippen LogP contribution in [0.2, 0.25) is 19.6 Å². The van der Waals surface area contributed by atoms with Gasteiger partial charge in [0.15, 0.2) is 0 Å². The lowest BCUT2D eigenvalue weighted by atomic mass is 10.1. The van der Waals surface area contributed by atoms with Crippen LogP contribution in [0.15, 0.2) is 18.2 Å². The summed E-state index contributed by atoms with van der Waals surface area (Å²) in [4.78, 5) is 11.7. The van der Waals surface area contributed by atoms with Gasteiger partial charge in [0.2, 0.25) is 0 Å². The quantitative estimate of drug-likeness (QED) is 0.467. The third kappa shape index (κ3) is 3.64. The van der Waals surface area contributed by atoms with E-state index in [0.29, 0.717) is 16.9 Å². The van der Waals surface area contributed by atoms with E-state index in [1.165, 1.54) is 7.11 Å². The zero-order valence-corrected chi connectivity index (χ0v) is 12.5. The highest BCUT2D eigenvalue weighted by Gasteiger charge is 2.15. The van der Waals surface area contributed by atoms with Crippen LogP contribution >= 0.6 is 0 Å². The van der Waals surface area contributed by atoms with Crippen LogP contribution in [0.3, 0.4) is 0 Å². The number of rotatable bonds is 2. The SMILES string of the molecule is COC(=O)c1cccc(OC)c1C#C[Si](C)(C)C. The highest BCUT2D eigenvalue weighted by atomic mass is 28.3. The first-order valence-electron chi connectivity index (χ1n) is 5.67. The second kappa shape index (κ2) is 5.74. The molecule has 0 saturated carbocycles. The Bertz CT molecular complexity index is 504. The summed E-state index contributed by atoms with van der Waals surface area (Å²) in [5, 5.41) is 0. The van der Waals surface area contributed by atoms with Gasteiger partial charge in [-0.15, -0.1) is 5.54 Å². The van der Waals surface area contributed by atoms with Gasteiger partial charge in [0.05, 0.1) is 25.3 Å². The van der Waals surface area contributed by atoms with Crippen LogP contribution < -0.4 is 4.74 Å². The lowest BCUT2D eigenvalue weighted by Gasteiger charge is -2.09. The highest BCUT2D eigenvalue weighted by molar-refractivity contribution is 6.83. The van der Waals surface area contributed by atoms with Gasteiger partial charge in [0.1, 0.15) is 13.8 Å². The van der Waals surface area contributed by atoms with Gasteiger partial charge in [-0.05, 0) is 12.1 Å². The first-order valence-corrected chi connectivity index (χ1v) is 9.17. The summed E-state index contributed by atoms with van der Waals surface area (Å²) < 4.78 is 10.0. The van der Waals surface area contributed by atoms with E-state index in [1.807, 2.05) is 0 Å². The Balaban J connectivity index is 3.36. The van der Waals surface area contributed by atoms with Crippen LogP contribution in [0.25, 0.3) is 0 Å². The molecule has 0 radical (unpaired) electrons. The molecule has 4 heteroatoms. The van der Waals surface area contributed by atoms with Crippen LogP contribution in [0, 0.1) is 11.5 Å². The molecule has 1 aromatic rings. The van der Waals surface area contributed by atoms with E-state index in [9.17, 15) is 4.79 Å². The standard InChI is InChI=1S/C14H18O3Si/c1-16-13-8-6-7-12(14(15)17-2)11(13)9-10-18(3,4)5/h6-8H,1-5H3. The number of hydrogen-bond acceptors (Lipinski definition) is 3. The minimum absolute atomic E-state index is 0.395. The summed E-state index contributed by atoms with van der Waals surface area (Å²) in [5.74, 6) is 3.28. The van der Waals surface area contributed by atoms with Gasteiger partial charge in [0.25, 0.3) is 0 Å². The van der Waals surface area contributed by atoms with Crippen molar-refractivity contribution in [3.05, 3.63) is 29.3 Å². The van der Waals surface area contributed by atoms with E-state index in [0.717, 1.165) is 0 Å². The fraction of sp³-hybridized carbons (Fsp3) is 0.357. The smallest absolute Gasteiger partial charge is 0.339 e. The van der Waals surface area contributed by atoms with Gasteiger partial charge in [-0.1, -0.05) is 31.6 Å². The molecule has 3 nitrogen and oxygen atoms in total. The molecule has 0 unspecified atom stereocenters. The number of esters is 1. The lowest BCUT2D eigenvalue weighted by molar-refractivity contribution is 0.0600. The molecular formula is C14H18O3Si. The van der Waals surface area contributed by atoms with Gasteiger partial charge >= 0.3 is 5.97 Å². The molecule has 0 aliphatic heterocycles. The molecule has 18 heavy (non-hydrogen) atoms. The fourth-order valence-corrected chi connectivity index (χ4v) is 1.86. The van der Waals surface area contributed by atoms with Crippen LogP contribution in [0.1, 0.15) is 15.9 Å². The summed E-state index contributed by atoms with van der Waals surface area (Å²) in [5.41, 5.74) is 4.29. The third-order valence-electron chi connectivity index (χ3n) is 2.21. The molecule has 0 amide bonds. The highest BCUT2D eigenvalue weighted by Crippen LogP contribution is 2.22. The van der Waals surface area contributed by atoms with Crippen LogP contribution in [0.5, 0.6) is 5.75 Å². The Morgan fingerprint density at radius 2 is 1.89 bits per heavy atom. The number of benzene rings is 1. The molecule has 0 heterocycles. The van der Waals surface area contributed by atoms with Crippen molar-refractivity contribution in [1.29, 1.82) is 0 Å². The molecule has 0 atom stereocenters. The average molecular weight is 262 g/mol. The summed E-state index contributed by atoms with van der Waals surface area (Å²) in [6, 6.07) is 5.24. The summed E-state index contributed by atoms with van der Waals surface area (Å²) >= 11 is 0. The Labute approximate surface area is 109 Å². The largest absolute Gasteiger partial charge is 0.495 e. The summed E-state index contributed by atoms with van der Waals surface area (Å²) in [6.45, 7) is 6.44. The molecular weight excluding hydrogens is 244 g/mol. The molecule has 0 aliphatic carbocycles. The number of carbonyl (C=O) groups excluding carboxylic acids is 1. The minimum atomic E-state index is -1.51. The van der Waals surface area contributed by atoms with Crippen LogP contribution in [0.4, 0.5) is 0 Å². The van der Waals surface area contributed by atoms with Gasteiger partial charge < -0.3 is 9.47 Å². The Kier molecular flexibility index (Phi) is 4.57. The van der Waals surface area contributed by atoms with E-state index in [1.54, 1.807) is 25.3 Å². The van der Waals surface area contributed by atoms with Crippen molar-refractivity contribution >= 4 is 14.0 Å². The van der Waals surface area contributed by atoms with Gasteiger partial charge in [0, 0.05) is 0 Å². The van der Waals surface area contributed by atoms with Crippen molar-refractivity contribution < 1.29 is 14.3 Å². The molecule has 1 rings (SSSR count). The molecule has 1 aromatic carbocycles. The Hall–Kier alpha value is -1.73. The molecule has 0 aromatic heterocycles. The number of methoxy groups -OCH3 is 2. The van der Waals surface area contributed by atoms with Crippen molar-refractivity contribution in [3.63, 3.8) is 0 Å². The fourth-order valence-electron chi connectivity index (χ4n) is 1.36. The lowest BCUT2D eigenvalue weighted by Crippen LogP contribution is -2.16. The molecule has 96 valence electrons. The predicted octanol–water partition coefficient (Wildman–Crippen LogP) is 2.71. The average Bonchev–Trinajstić information content (AvgIpc) is 2.33. The predicted molar refractivity (Wildman–Crippen MR) is 74.6 cm³/mol. The maximum absolute atomic E-state index is 11.7. The molecule has 0 saturated heterocycles.